The zero-order valence-electron chi connectivity index (χ0n) is 17.5. The smallest absolute Gasteiger partial charge is 0.315 e. The molecule has 0 spiro atoms. The van der Waals surface area contributed by atoms with Gasteiger partial charge in [0.25, 0.3) is 0 Å². The van der Waals surface area contributed by atoms with E-state index in [9.17, 15) is 18.0 Å². The number of carbonyl (C=O) groups excluding carboxylic acids is 2. The van der Waals surface area contributed by atoms with Crippen molar-refractivity contribution < 1.29 is 27.5 Å². The largest absolute Gasteiger partial charge is 0.497 e. The maximum atomic E-state index is 12.8. The SMILES string of the molecule is COc1ccc(-n2nc3c(c2NC(=O)C(=O)N2CC(C)OC(C)C2)CS(=O)(=O)C3)cc1. The number of methoxy groups -OCH3 is 1. The van der Waals surface area contributed by atoms with Gasteiger partial charge in [-0.25, -0.2) is 13.1 Å². The molecule has 1 aromatic heterocycles. The standard InChI is InChI=1S/C20H24N4O6S/c1-12-8-23(9-13(2)30-12)20(26)19(25)21-18-16-10-31(27,28)11-17(16)22-24(18)14-4-6-15(29-3)7-5-14/h4-7,12-13H,8-11H2,1-3H3,(H,21,25). The minimum absolute atomic E-state index is 0.181. The Morgan fingerprint density at radius 3 is 2.39 bits per heavy atom. The number of benzene rings is 1. The molecule has 3 heterocycles. The van der Waals surface area contributed by atoms with E-state index in [1.807, 2.05) is 13.8 Å². The van der Waals surface area contributed by atoms with Gasteiger partial charge in [0.2, 0.25) is 0 Å². The van der Waals surface area contributed by atoms with E-state index in [4.69, 9.17) is 9.47 Å². The number of nitrogens with one attached hydrogen (secondary N) is 1. The summed E-state index contributed by atoms with van der Waals surface area (Å²) >= 11 is 0. The number of carbonyl (C=O) groups is 2. The minimum Gasteiger partial charge on any atom is -0.497 e. The Labute approximate surface area is 180 Å². The maximum absolute atomic E-state index is 12.8. The van der Waals surface area contributed by atoms with Gasteiger partial charge in [-0.05, 0) is 38.1 Å². The van der Waals surface area contributed by atoms with Crippen LogP contribution in [0.1, 0.15) is 25.1 Å². The average molecular weight is 449 g/mol. The van der Waals surface area contributed by atoms with Crippen molar-refractivity contribution in [1.82, 2.24) is 14.7 Å². The molecular formula is C20H24N4O6S. The first-order valence-electron chi connectivity index (χ1n) is 9.88. The molecule has 0 bridgehead atoms. The molecule has 2 amide bonds. The first kappa shape index (κ1) is 21.3. The van der Waals surface area contributed by atoms with Gasteiger partial charge in [-0.15, -0.1) is 0 Å². The molecule has 1 fully saturated rings. The lowest BCUT2D eigenvalue weighted by Gasteiger charge is -2.34. The lowest BCUT2D eigenvalue weighted by atomic mass is 10.2. The van der Waals surface area contributed by atoms with Crippen molar-refractivity contribution in [2.75, 3.05) is 25.5 Å². The first-order chi connectivity index (χ1) is 14.7. The fraction of sp³-hybridized carbons (Fsp3) is 0.450. The number of nitrogens with zero attached hydrogens (tertiary/aromatic N) is 3. The van der Waals surface area contributed by atoms with Gasteiger partial charge in [0.15, 0.2) is 9.84 Å². The van der Waals surface area contributed by atoms with E-state index >= 15 is 0 Å². The number of fused-ring (bicyclic) bond motifs is 1. The van der Waals surface area contributed by atoms with Crippen LogP contribution in [0.3, 0.4) is 0 Å². The average Bonchev–Trinajstić information content (AvgIpc) is 3.19. The molecule has 11 heteroatoms. The zero-order chi connectivity index (χ0) is 22.3. The second-order valence-electron chi connectivity index (χ2n) is 7.84. The van der Waals surface area contributed by atoms with E-state index in [0.29, 0.717) is 35.8 Å². The number of morpholine rings is 1. The summed E-state index contributed by atoms with van der Waals surface area (Å²) in [6.07, 6.45) is -0.362. The van der Waals surface area contributed by atoms with Crippen LogP contribution >= 0.6 is 0 Å². The number of hydrogen-bond acceptors (Lipinski definition) is 7. The number of ether oxygens (including phenoxy) is 2. The Morgan fingerprint density at radius 2 is 1.77 bits per heavy atom. The quantitative estimate of drug-likeness (QED) is 0.692. The molecule has 31 heavy (non-hydrogen) atoms. The van der Waals surface area contributed by atoms with Crippen molar-refractivity contribution in [2.24, 2.45) is 0 Å². The molecule has 2 unspecified atom stereocenters. The number of anilines is 1. The maximum Gasteiger partial charge on any atom is 0.315 e. The third-order valence-electron chi connectivity index (χ3n) is 5.24. The Hall–Kier alpha value is -2.92. The highest BCUT2D eigenvalue weighted by molar-refractivity contribution is 7.90. The van der Waals surface area contributed by atoms with Crippen LogP contribution in [0.4, 0.5) is 5.82 Å². The van der Waals surface area contributed by atoms with E-state index in [1.54, 1.807) is 31.4 Å². The van der Waals surface area contributed by atoms with E-state index < -0.39 is 21.7 Å². The van der Waals surface area contributed by atoms with Gasteiger partial charge < -0.3 is 19.7 Å². The molecular weight excluding hydrogens is 424 g/mol. The summed E-state index contributed by atoms with van der Waals surface area (Å²) in [6, 6.07) is 6.93. The van der Waals surface area contributed by atoms with Crippen molar-refractivity contribution in [3.8, 4) is 11.4 Å². The van der Waals surface area contributed by atoms with Crippen LogP contribution in [-0.4, -0.2) is 67.3 Å². The molecule has 1 aromatic carbocycles. The van der Waals surface area contributed by atoms with E-state index in [-0.39, 0.29) is 29.5 Å². The Kier molecular flexibility index (Phi) is 5.48. The predicted octanol–water partition coefficient (Wildman–Crippen LogP) is 0.884. The third kappa shape index (κ3) is 4.28. The molecule has 2 aliphatic rings. The molecule has 1 saturated heterocycles. The van der Waals surface area contributed by atoms with Gasteiger partial charge >= 0.3 is 11.8 Å². The molecule has 0 aliphatic carbocycles. The van der Waals surface area contributed by atoms with Crippen molar-refractivity contribution in [2.45, 2.75) is 37.6 Å². The monoisotopic (exact) mass is 448 g/mol. The van der Waals surface area contributed by atoms with Crippen LogP contribution in [0.15, 0.2) is 24.3 Å². The highest BCUT2D eigenvalue weighted by atomic mass is 32.2. The van der Waals surface area contributed by atoms with Gasteiger partial charge in [-0.2, -0.15) is 5.10 Å². The van der Waals surface area contributed by atoms with Crippen molar-refractivity contribution in [1.29, 1.82) is 0 Å². The van der Waals surface area contributed by atoms with Crippen LogP contribution in [0.2, 0.25) is 0 Å². The summed E-state index contributed by atoms with van der Waals surface area (Å²) in [7, 11) is -1.80. The second-order valence-corrected chi connectivity index (χ2v) is 9.90. The Morgan fingerprint density at radius 1 is 1.13 bits per heavy atom. The molecule has 0 saturated carbocycles. The number of aromatic nitrogens is 2. The molecule has 2 aliphatic heterocycles. The van der Waals surface area contributed by atoms with Gasteiger partial charge in [-0.1, -0.05) is 0 Å². The molecule has 10 nitrogen and oxygen atoms in total. The lowest BCUT2D eigenvalue weighted by molar-refractivity contribution is -0.151. The Bertz CT molecular complexity index is 1120. The number of amides is 2. The van der Waals surface area contributed by atoms with E-state index in [2.05, 4.69) is 10.4 Å². The summed E-state index contributed by atoms with van der Waals surface area (Å²) < 4.78 is 36.4. The summed E-state index contributed by atoms with van der Waals surface area (Å²) in [5.74, 6) is -1.16. The van der Waals surface area contributed by atoms with Crippen LogP contribution in [0.5, 0.6) is 5.75 Å². The van der Waals surface area contributed by atoms with Crippen LogP contribution < -0.4 is 10.1 Å². The fourth-order valence-electron chi connectivity index (χ4n) is 3.93. The lowest BCUT2D eigenvalue weighted by Crippen LogP contribution is -2.51. The van der Waals surface area contributed by atoms with E-state index in [1.165, 1.54) is 9.58 Å². The predicted molar refractivity (Wildman–Crippen MR) is 112 cm³/mol. The minimum atomic E-state index is -3.34. The summed E-state index contributed by atoms with van der Waals surface area (Å²) in [6.45, 7) is 4.29. The Balaban J connectivity index is 1.65. The normalized spacial score (nSPS) is 22.1. The second kappa shape index (κ2) is 7.97. The first-order valence-corrected chi connectivity index (χ1v) is 11.7. The van der Waals surface area contributed by atoms with Gasteiger partial charge in [0.05, 0.1) is 42.2 Å². The number of rotatable bonds is 3. The highest BCUT2D eigenvalue weighted by Crippen LogP contribution is 2.33. The molecule has 2 atom stereocenters. The summed E-state index contributed by atoms with van der Waals surface area (Å²) in [5, 5.41) is 7.01. The molecule has 2 aromatic rings. The summed E-state index contributed by atoms with van der Waals surface area (Å²) in [4.78, 5) is 27.0. The van der Waals surface area contributed by atoms with Crippen LogP contribution in [0.25, 0.3) is 5.69 Å². The molecule has 4 rings (SSSR count). The zero-order valence-corrected chi connectivity index (χ0v) is 18.3. The molecule has 0 radical (unpaired) electrons. The number of hydrogen-bond donors (Lipinski definition) is 1. The topological polar surface area (TPSA) is 120 Å². The molecule has 1 N–H and O–H groups in total. The highest BCUT2D eigenvalue weighted by Gasteiger charge is 2.35. The van der Waals surface area contributed by atoms with Crippen molar-refractivity contribution >= 4 is 27.5 Å². The molecule has 166 valence electrons. The van der Waals surface area contributed by atoms with Gasteiger partial charge in [0.1, 0.15) is 11.6 Å². The number of sulfone groups is 1. The van der Waals surface area contributed by atoms with E-state index in [0.717, 1.165) is 0 Å². The van der Waals surface area contributed by atoms with Crippen molar-refractivity contribution in [3.05, 3.63) is 35.5 Å². The summed E-state index contributed by atoms with van der Waals surface area (Å²) in [5.41, 5.74) is 1.37. The van der Waals surface area contributed by atoms with Crippen molar-refractivity contribution in [3.63, 3.8) is 0 Å². The van der Waals surface area contributed by atoms with Gasteiger partial charge in [-0.3, -0.25) is 9.59 Å². The van der Waals surface area contributed by atoms with Crippen LogP contribution in [-0.2, 0) is 35.7 Å². The van der Waals surface area contributed by atoms with Gasteiger partial charge in [0, 0.05) is 18.7 Å². The van der Waals surface area contributed by atoms with Crippen LogP contribution in [0, 0.1) is 0 Å². The third-order valence-corrected chi connectivity index (χ3v) is 6.68. The fourth-order valence-corrected chi connectivity index (χ4v) is 5.42.